The van der Waals surface area contributed by atoms with Crippen LogP contribution in [0.4, 0.5) is 10.5 Å². The first-order chi connectivity index (χ1) is 21.2. The Morgan fingerprint density at radius 1 is 1.16 bits per heavy atom. The molecule has 0 bridgehead atoms. The number of carboxylic acid groups (broad SMARTS) is 1. The molecule has 0 fully saturated rings. The van der Waals surface area contributed by atoms with Crippen molar-refractivity contribution in [3.05, 3.63) is 100 Å². The summed E-state index contributed by atoms with van der Waals surface area (Å²) in [5.74, 6) is 0.457. The van der Waals surface area contributed by atoms with E-state index < -0.39 is 18.0 Å². The minimum atomic E-state index is -1.08. The molecule has 0 aliphatic rings. The minimum Gasteiger partial charge on any atom is -0.481 e. The zero-order chi connectivity index (χ0) is 31.2. The number of rotatable bonds is 10. The number of hydrogen-bond donors (Lipinski definition) is 3. The van der Waals surface area contributed by atoms with Gasteiger partial charge in [0.25, 0.3) is 0 Å². The van der Waals surface area contributed by atoms with Crippen molar-refractivity contribution in [1.29, 1.82) is 0 Å². The highest BCUT2D eigenvalue weighted by Gasteiger charge is 2.22. The van der Waals surface area contributed by atoms with Gasteiger partial charge in [-0.1, -0.05) is 41.4 Å². The molecule has 3 aromatic heterocycles. The number of carbonyl (C=O) groups is 2. The molecule has 5 aromatic rings. The lowest BCUT2D eigenvalue weighted by molar-refractivity contribution is -0.117. The zero-order valence-electron chi connectivity index (χ0n) is 23.3. The van der Waals surface area contributed by atoms with Crippen molar-refractivity contribution in [2.24, 2.45) is 0 Å². The molecule has 2 aromatic carbocycles. The number of pyridine rings is 1. The predicted octanol–water partition coefficient (Wildman–Crippen LogP) is 4.99. The van der Waals surface area contributed by atoms with Crippen molar-refractivity contribution in [1.82, 2.24) is 40.5 Å². The maximum absolute atomic E-state index is 13.3. The van der Waals surface area contributed by atoms with Gasteiger partial charge in [-0.25, -0.2) is 14.8 Å². The molecule has 0 saturated heterocycles. The largest absolute Gasteiger partial charge is 0.481 e. The van der Waals surface area contributed by atoms with Crippen molar-refractivity contribution >= 4 is 47.0 Å². The summed E-state index contributed by atoms with van der Waals surface area (Å²) < 4.78 is 6.63. The number of hydrogen-bond acceptors (Lipinski definition) is 8. The summed E-state index contributed by atoms with van der Waals surface area (Å²) in [6.45, 7) is 0. The first-order valence-electron chi connectivity index (χ1n) is 13.0. The Bertz CT molecular complexity index is 1790. The highest BCUT2D eigenvalue weighted by Crippen LogP contribution is 2.30. The average Bonchev–Trinajstić information content (AvgIpc) is 3.70. The first-order valence-corrected chi connectivity index (χ1v) is 13.8. The number of methoxy groups -OCH3 is 1. The normalized spacial score (nSPS) is 11.8. The third-order valence-corrected chi connectivity index (χ3v) is 7.09. The lowest BCUT2D eigenvalue weighted by Gasteiger charge is -2.16. The van der Waals surface area contributed by atoms with E-state index in [4.69, 9.17) is 32.9 Å². The molecule has 2 amide bonds. The number of benzene rings is 2. The van der Waals surface area contributed by atoms with E-state index in [1.807, 2.05) is 6.07 Å². The number of nitrogens with zero attached hydrogens (tertiary/aromatic N) is 7. The van der Waals surface area contributed by atoms with Gasteiger partial charge in [0.15, 0.2) is 0 Å². The summed E-state index contributed by atoms with van der Waals surface area (Å²) in [4.78, 5) is 37.7. The average molecular weight is 634 g/mol. The summed E-state index contributed by atoms with van der Waals surface area (Å²) in [5, 5.41) is 24.2. The van der Waals surface area contributed by atoms with E-state index in [2.05, 4.69) is 30.8 Å². The Morgan fingerprint density at radius 2 is 1.95 bits per heavy atom. The molecule has 5 rings (SSSR count). The number of amides is 2. The minimum absolute atomic E-state index is 0.256. The Labute approximate surface area is 261 Å². The van der Waals surface area contributed by atoms with Gasteiger partial charge in [-0.15, -0.1) is 5.10 Å². The van der Waals surface area contributed by atoms with Crippen LogP contribution in [0, 0.1) is 0 Å². The Balaban J connectivity index is 1.42. The van der Waals surface area contributed by atoms with Crippen molar-refractivity contribution in [2.45, 2.75) is 12.5 Å². The number of imidazole rings is 1. The fraction of sp³-hybridized carbons (Fsp3) is 0.138. The number of nitrogens with one attached hydrogen (secondary N) is 2. The van der Waals surface area contributed by atoms with Gasteiger partial charge in [0.05, 0.1) is 18.8 Å². The third-order valence-electron chi connectivity index (χ3n) is 6.59. The van der Waals surface area contributed by atoms with E-state index in [9.17, 15) is 14.7 Å². The number of H-pyrrole nitrogens is 1. The summed E-state index contributed by atoms with van der Waals surface area (Å²) in [7, 11) is 2.98. The summed E-state index contributed by atoms with van der Waals surface area (Å²) in [5.41, 5.74) is 3.65. The van der Waals surface area contributed by atoms with Gasteiger partial charge in [0, 0.05) is 53.6 Å². The van der Waals surface area contributed by atoms with E-state index in [0.29, 0.717) is 51.3 Å². The molecule has 3 heterocycles. The van der Waals surface area contributed by atoms with E-state index in [-0.39, 0.29) is 5.15 Å². The van der Waals surface area contributed by atoms with Gasteiger partial charge < -0.3 is 20.1 Å². The van der Waals surface area contributed by atoms with Crippen LogP contribution in [0.1, 0.15) is 23.0 Å². The molecule has 3 N–H and O–H groups in total. The van der Waals surface area contributed by atoms with Crippen molar-refractivity contribution in [2.75, 3.05) is 19.1 Å². The van der Waals surface area contributed by atoms with Crippen LogP contribution in [0.3, 0.4) is 0 Å². The van der Waals surface area contributed by atoms with Crippen molar-refractivity contribution in [3.63, 3.8) is 0 Å². The van der Waals surface area contributed by atoms with Gasteiger partial charge in [-0.3, -0.25) is 9.69 Å². The van der Waals surface area contributed by atoms with Gasteiger partial charge in [-0.05, 0) is 52.4 Å². The molecule has 15 heteroatoms. The van der Waals surface area contributed by atoms with Crippen LogP contribution in [-0.4, -0.2) is 66.4 Å². The highest BCUT2D eigenvalue weighted by molar-refractivity contribution is 6.32. The molecular weight excluding hydrogens is 609 g/mol. The van der Waals surface area contributed by atoms with Gasteiger partial charge >= 0.3 is 6.09 Å². The van der Waals surface area contributed by atoms with Crippen LogP contribution in [0.2, 0.25) is 10.2 Å². The Morgan fingerprint density at radius 3 is 2.61 bits per heavy atom. The zero-order valence-corrected chi connectivity index (χ0v) is 24.9. The van der Waals surface area contributed by atoms with Crippen LogP contribution in [0.15, 0.2) is 73.2 Å². The second kappa shape index (κ2) is 13.4. The lowest BCUT2D eigenvalue weighted by atomic mass is 10.1. The van der Waals surface area contributed by atoms with Gasteiger partial charge in [0.1, 0.15) is 23.0 Å². The van der Waals surface area contributed by atoms with E-state index >= 15 is 0 Å². The molecular formula is C29H25Cl2N9O4. The lowest BCUT2D eigenvalue weighted by Crippen LogP contribution is -2.29. The third kappa shape index (κ3) is 7.02. The molecule has 0 unspecified atom stereocenters. The quantitative estimate of drug-likeness (QED) is 0.180. The van der Waals surface area contributed by atoms with Crippen molar-refractivity contribution in [3.8, 4) is 22.8 Å². The molecule has 13 nitrogen and oxygen atoms in total. The summed E-state index contributed by atoms with van der Waals surface area (Å²) in [6.07, 6.45) is 5.33. The van der Waals surface area contributed by atoms with Gasteiger partial charge in [0.2, 0.25) is 11.8 Å². The number of halogens is 2. The smallest absolute Gasteiger partial charge is 0.411 e. The molecule has 0 radical (unpaired) electrons. The molecule has 44 heavy (non-hydrogen) atoms. The molecule has 0 spiro atoms. The molecule has 224 valence electrons. The SMILES string of the molecule is COc1ccc(C[C@H](NC(=O)C=Cc2cc(Cl)ccc2-n2cnnn2)c2nc(-c3ccc(N(C)C(=O)O)cc3)c(Cl)[nH]2)cn1. The van der Waals surface area contributed by atoms with E-state index in [1.165, 1.54) is 31.2 Å². The number of aromatic amines is 1. The first kappa shape index (κ1) is 30.2. The number of carbonyl (C=O) groups excluding carboxylic acids is 1. The Kier molecular flexibility index (Phi) is 9.17. The second-order valence-corrected chi connectivity index (χ2v) is 10.3. The van der Waals surface area contributed by atoms with E-state index in [0.717, 1.165) is 10.5 Å². The van der Waals surface area contributed by atoms with Crippen LogP contribution in [-0.2, 0) is 11.2 Å². The highest BCUT2D eigenvalue weighted by atomic mass is 35.5. The van der Waals surface area contributed by atoms with E-state index in [1.54, 1.807) is 60.8 Å². The number of anilines is 1. The maximum Gasteiger partial charge on any atom is 0.411 e. The standard InChI is InChI=1S/C29H25Cl2N9O4/c1-39(29(42)43)21-8-4-18(5-9-21)26-27(31)36-28(35-26)22(13-17-3-12-25(44-2)32-15-17)34-24(41)11-6-19-14-20(30)7-10-23(19)40-16-33-37-38-40/h3-12,14-16,22H,13H2,1-2H3,(H,34,41)(H,35,36)(H,42,43)/t22-/m0/s1. The van der Waals surface area contributed by atoms with Crippen LogP contribution < -0.4 is 15.0 Å². The summed E-state index contributed by atoms with van der Waals surface area (Å²) >= 11 is 12.8. The van der Waals surface area contributed by atoms with Crippen molar-refractivity contribution < 1.29 is 19.4 Å². The molecule has 1 atom stereocenters. The molecule has 0 saturated carbocycles. The fourth-order valence-electron chi connectivity index (χ4n) is 4.31. The van der Waals surface area contributed by atoms with Crippen LogP contribution >= 0.6 is 23.2 Å². The number of ether oxygens (including phenoxy) is 1. The van der Waals surface area contributed by atoms with Crippen LogP contribution in [0.25, 0.3) is 23.0 Å². The molecule has 0 aliphatic heterocycles. The summed E-state index contributed by atoms with van der Waals surface area (Å²) in [6, 6.07) is 14.8. The maximum atomic E-state index is 13.3. The monoisotopic (exact) mass is 633 g/mol. The predicted molar refractivity (Wildman–Crippen MR) is 164 cm³/mol. The van der Waals surface area contributed by atoms with Crippen LogP contribution in [0.5, 0.6) is 5.88 Å². The Hall–Kier alpha value is -5.27. The number of aromatic nitrogens is 7. The fourth-order valence-corrected chi connectivity index (χ4v) is 4.74. The second-order valence-electron chi connectivity index (χ2n) is 9.44. The topological polar surface area (TPSA) is 164 Å². The van der Waals surface area contributed by atoms with Gasteiger partial charge in [-0.2, -0.15) is 4.68 Å². The molecule has 0 aliphatic carbocycles. The number of tetrazole rings is 1.